The molecule has 0 spiro atoms. The number of halogens is 4. The van der Waals surface area contributed by atoms with E-state index in [1.807, 2.05) is 0 Å². The lowest BCUT2D eigenvalue weighted by atomic mass is 10.2. The molecule has 0 unspecified atom stereocenters. The monoisotopic (exact) mass is 290 g/mol. The molecule has 0 atom stereocenters. The summed E-state index contributed by atoms with van der Waals surface area (Å²) < 4.78 is 26.0. The third kappa shape index (κ3) is 3.02. The van der Waals surface area contributed by atoms with Gasteiger partial charge >= 0.3 is 0 Å². The van der Waals surface area contributed by atoms with E-state index in [0.717, 1.165) is 12.1 Å². The third-order valence-corrected chi connectivity index (χ3v) is 2.50. The van der Waals surface area contributed by atoms with Crippen LogP contribution in [0.4, 0.5) is 14.6 Å². The maximum absolute atomic E-state index is 13.3. The quantitative estimate of drug-likeness (QED) is 0.944. The highest BCUT2D eigenvalue weighted by molar-refractivity contribution is 6.32. The largest absolute Gasteiger partial charge is 0.363 e. The summed E-state index contributed by atoms with van der Waals surface area (Å²) in [6.07, 6.45) is 0. The van der Waals surface area contributed by atoms with Crippen molar-refractivity contribution in [3.05, 3.63) is 45.8 Å². The first-order valence-electron chi connectivity index (χ1n) is 4.80. The number of anilines is 1. The lowest BCUT2D eigenvalue weighted by molar-refractivity contribution is 0.574. The molecule has 0 bridgehead atoms. The van der Waals surface area contributed by atoms with Gasteiger partial charge in [-0.1, -0.05) is 17.7 Å². The smallest absolute Gasteiger partial charge is 0.245 e. The Kier molecular flexibility index (Phi) is 3.88. The van der Waals surface area contributed by atoms with Crippen LogP contribution < -0.4 is 5.32 Å². The Balaban J connectivity index is 2.13. The molecule has 18 heavy (non-hydrogen) atoms. The van der Waals surface area contributed by atoms with Gasteiger partial charge in [0.1, 0.15) is 11.6 Å². The van der Waals surface area contributed by atoms with Crippen molar-refractivity contribution in [1.29, 1.82) is 0 Å². The fourth-order valence-corrected chi connectivity index (χ4v) is 1.52. The molecule has 0 radical (unpaired) electrons. The summed E-state index contributed by atoms with van der Waals surface area (Å²) in [5.41, 5.74) is 0.266. The second kappa shape index (κ2) is 5.41. The molecule has 8 heteroatoms. The van der Waals surface area contributed by atoms with E-state index >= 15 is 0 Å². The summed E-state index contributed by atoms with van der Waals surface area (Å²) in [7, 11) is 0. The van der Waals surface area contributed by atoms with Gasteiger partial charge in [0.25, 0.3) is 0 Å². The highest BCUT2D eigenvalue weighted by Crippen LogP contribution is 2.18. The topological polar surface area (TPSA) is 50.7 Å². The first-order valence-corrected chi connectivity index (χ1v) is 5.55. The molecule has 4 nitrogen and oxygen atoms in total. The lowest BCUT2D eigenvalue weighted by Crippen LogP contribution is -2.06. The van der Waals surface area contributed by atoms with Crippen molar-refractivity contribution in [3.8, 4) is 0 Å². The molecule has 2 rings (SSSR count). The zero-order valence-corrected chi connectivity index (χ0v) is 10.3. The van der Waals surface area contributed by atoms with Crippen molar-refractivity contribution >= 4 is 29.0 Å². The molecule has 0 aliphatic carbocycles. The molecule has 1 N–H and O–H groups in total. The number of nitrogens with zero attached hydrogens (tertiary/aromatic N) is 3. The van der Waals surface area contributed by atoms with E-state index in [2.05, 4.69) is 20.5 Å². The lowest BCUT2D eigenvalue weighted by Gasteiger charge is -2.07. The summed E-state index contributed by atoms with van der Waals surface area (Å²) in [5, 5.41) is 9.64. The van der Waals surface area contributed by atoms with Gasteiger partial charge in [0.15, 0.2) is 11.0 Å². The minimum atomic E-state index is -0.660. The molecule has 0 amide bonds. The van der Waals surface area contributed by atoms with Crippen LogP contribution in [0.2, 0.25) is 10.4 Å². The fraction of sp³-hybridized carbons (Fsp3) is 0.100. The summed E-state index contributed by atoms with van der Waals surface area (Å²) in [4.78, 5) is 3.79. The van der Waals surface area contributed by atoms with Crippen molar-refractivity contribution in [1.82, 2.24) is 15.2 Å². The van der Waals surface area contributed by atoms with E-state index in [0.29, 0.717) is 0 Å². The fourth-order valence-electron chi connectivity index (χ4n) is 1.25. The van der Waals surface area contributed by atoms with Gasteiger partial charge in [0.05, 0.1) is 0 Å². The highest BCUT2D eigenvalue weighted by atomic mass is 35.5. The average Bonchev–Trinajstić information content (AvgIpc) is 2.32. The van der Waals surface area contributed by atoms with Crippen LogP contribution in [0.5, 0.6) is 0 Å². The molecule has 0 aliphatic heterocycles. The van der Waals surface area contributed by atoms with Crippen molar-refractivity contribution < 1.29 is 8.78 Å². The van der Waals surface area contributed by atoms with Gasteiger partial charge in [-0.3, -0.25) is 0 Å². The van der Waals surface area contributed by atoms with E-state index in [1.54, 1.807) is 0 Å². The minimum Gasteiger partial charge on any atom is -0.363 e. The second-order valence-corrected chi connectivity index (χ2v) is 4.01. The van der Waals surface area contributed by atoms with Crippen molar-refractivity contribution in [2.24, 2.45) is 0 Å². The van der Waals surface area contributed by atoms with Crippen LogP contribution in [-0.4, -0.2) is 15.2 Å². The molecule has 0 aliphatic rings. The molecule has 1 aromatic carbocycles. The molecule has 0 saturated carbocycles. The number of hydrogen-bond acceptors (Lipinski definition) is 4. The van der Waals surface area contributed by atoms with Gasteiger partial charge in [-0.2, -0.15) is 4.98 Å². The predicted octanol–water partition coefficient (Wildman–Crippen LogP) is 3.07. The second-order valence-electron chi connectivity index (χ2n) is 3.31. The van der Waals surface area contributed by atoms with Gasteiger partial charge in [-0.15, -0.1) is 10.2 Å². The van der Waals surface area contributed by atoms with Gasteiger partial charge in [-0.05, 0) is 17.7 Å². The number of rotatable bonds is 3. The Morgan fingerprint density at radius 3 is 2.67 bits per heavy atom. The van der Waals surface area contributed by atoms with E-state index < -0.39 is 11.6 Å². The van der Waals surface area contributed by atoms with Gasteiger partial charge in [0.2, 0.25) is 5.28 Å². The SMILES string of the molecule is Fc1ccc(CNc2nc(Cl)nnc2Cl)c(F)c1. The maximum atomic E-state index is 13.3. The predicted molar refractivity (Wildman–Crippen MR) is 63.5 cm³/mol. The van der Waals surface area contributed by atoms with Crippen molar-refractivity contribution in [3.63, 3.8) is 0 Å². The van der Waals surface area contributed by atoms with Gasteiger partial charge in [-0.25, -0.2) is 8.78 Å². The maximum Gasteiger partial charge on any atom is 0.245 e. The van der Waals surface area contributed by atoms with Crippen LogP contribution in [0.15, 0.2) is 18.2 Å². The number of benzene rings is 1. The first kappa shape index (κ1) is 12.9. The van der Waals surface area contributed by atoms with E-state index in [-0.39, 0.29) is 28.4 Å². The number of hydrogen-bond donors (Lipinski definition) is 1. The molecule has 94 valence electrons. The van der Waals surface area contributed by atoms with E-state index in [4.69, 9.17) is 23.2 Å². The summed E-state index contributed by atoms with van der Waals surface area (Å²) in [5.74, 6) is -1.12. The van der Waals surface area contributed by atoms with Gasteiger partial charge < -0.3 is 5.32 Å². The third-order valence-electron chi connectivity index (χ3n) is 2.08. The Labute approximate surface area is 111 Å². The first-order chi connectivity index (χ1) is 8.56. The zero-order valence-electron chi connectivity index (χ0n) is 8.79. The van der Waals surface area contributed by atoms with Crippen molar-refractivity contribution in [2.45, 2.75) is 6.54 Å². The van der Waals surface area contributed by atoms with Crippen LogP contribution in [0.1, 0.15) is 5.56 Å². The number of nitrogens with one attached hydrogen (secondary N) is 1. The summed E-state index contributed by atoms with van der Waals surface area (Å²) in [6.45, 7) is 0.0703. The molecular formula is C10H6Cl2F2N4. The summed E-state index contributed by atoms with van der Waals surface area (Å²) >= 11 is 11.3. The average molecular weight is 291 g/mol. The van der Waals surface area contributed by atoms with Crippen molar-refractivity contribution in [2.75, 3.05) is 5.32 Å². The van der Waals surface area contributed by atoms with E-state index in [1.165, 1.54) is 6.07 Å². The summed E-state index contributed by atoms with van der Waals surface area (Å²) in [6, 6.07) is 3.28. The molecule has 1 aromatic heterocycles. The van der Waals surface area contributed by atoms with Crippen LogP contribution >= 0.6 is 23.2 Å². The Hall–Kier alpha value is -1.53. The molecule has 0 fully saturated rings. The minimum absolute atomic E-state index is 0.0157. The zero-order chi connectivity index (χ0) is 13.1. The molecule has 1 heterocycles. The van der Waals surface area contributed by atoms with Crippen LogP contribution in [0, 0.1) is 11.6 Å². The van der Waals surface area contributed by atoms with Crippen LogP contribution in [0.3, 0.4) is 0 Å². The highest BCUT2D eigenvalue weighted by Gasteiger charge is 2.08. The molecule has 0 saturated heterocycles. The Bertz CT molecular complexity index is 580. The van der Waals surface area contributed by atoms with E-state index in [9.17, 15) is 8.78 Å². The van der Waals surface area contributed by atoms with Crippen LogP contribution in [0.25, 0.3) is 0 Å². The number of aromatic nitrogens is 3. The Morgan fingerprint density at radius 2 is 1.94 bits per heavy atom. The van der Waals surface area contributed by atoms with Gasteiger partial charge in [0, 0.05) is 18.2 Å². The molecule has 2 aromatic rings. The normalized spacial score (nSPS) is 10.4. The molecular weight excluding hydrogens is 285 g/mol. The Morgan fingerprint density at radius 1 is 1.17 bits per heavy atom. The van der Waals surface area contributed by atoms with Crippen LogP contribution in [-0.2, 0) is 6.54 Å². The standard InChI is InChI=1S/C10H6Cl2F2N4/c11-8-9(16-10(12)18-17-8)15-4-5-1-2-6(13)3-7(5)14/h1-3H,4H2,(H,15,16,18).